The maximum atomic E-state index is 12.6. The predicted octanol–water partition coefficient (Wildman–Crippen LogP) is 2.15. The van der Waals surface area contributed by atoms with E-state index in [0.717, 1.165) is 17.0 Å². The van der Waals surface area contributed by atoms with Gasteiger partial charge in [0.15, 0.2) is 11.5 Å². The van der Waals surface area contributed by atoms with Crippen molar-refractivity contribution >= 4 is 28.8 Å². The first-order chi connectivity index (χ1) is 13.8. The number of aromatic nitrogens is 4. The van der Waals surface area contributed by atoms with Crippen LogP contribution in [0.4, 0.5) is 19.0 Å². The Morgan fingerprint density at radius 2 is 1.90 bits per heavy atom. The molecule has 29 heavy (non-hydrogen) atoms. The summed E-state index contributed by atoms with van der Waals surface area (Å²) in [6.45, 7) is 0.0878. The Morgan fingerprint density at radius 1 is 1.14 bits per heavy atom. The van der Waals surface area contributed by atoms with Gasteiger partial charge >= 0.3 is 6.18 Å². The summed E-state index contributed by atoms with van der Waals surface area (Å²) >= 11 is 0. The summed E-state index contributed by atoms with van der Waals surface area (Å²) in [5.74, 6) is -0.397. The van der Waals surface area contributed by atoms with Crippen LogP contribution in [0.25, 0.3) is 11.2 Å². The van der Waals surface area contributed by atoms with Crippen LogP contribution in [0.3, 0.4) is 0 Å². The molecule has 2 amide bonds. The number of carbonyl (C=O) groups excluding carboxylic acids is 2. The SMILES string of the molecule is O=C1CC(Nc2ncnc3nc[nH]c23)C(=O)N1CCc1ccc(C(F)(F)F)cc1. The van der Waals surface area contributed by atoms with E-state index < -0.39 is 23.7 Å². The van der Waals surface area contributed by atoms with Crippen molar-refractivity contribution in [3.8, 4) is 0 Å². The average Bonchev–Trinajstić information content (AvgIpc) is 3.26. The largest absolute Gasteiger partial charge is 0.416 e. The van der Waals surface area contributed by atoms with Gasteiger partial charge < -0.3 is 10.3 Å². The lowest BCUT2D eigenvalue weighted by Crippen LogP contribution is -2.36. The van der Waals surface area contributed by atoms with E-state index in [2.05, 4.69) is 25.3 Å². The third-order valence-corrected chi connectivity index (χ3v) is 4.68. The van der Waals surface area contributed by atoms with Crippen LogP contribution in [0.1, 0.15) is 17.5 Å². The second-order valence-electron chi connectivity index (χ2n) is 6.55. The first-order valence-electron chi connectivity index (χ1n) is 8.74. The molecule has 1 aliphatic heterocycles. The van der Waals surface area contributed by atoms with Crippen LogP contribution in [-0.4, -0.2) is 49.2 Å². The van der Waals surface area contributed by atoms with Gasteiger partial charge in [-0.15, -0.1) is 0 Å². The molecule has 3 aromatic rings. The van der Waals surface area contributed by atoms with Crippen LogP contribution < -0.4 is 5.32 Å². The number of benzene rings is 1. The maximum absolute atomic E-state index is 12.6. The average molecular weight is 404 g/mol. The van der Waals surface area contributed by atoms with Crippen LogP contribution in [0.5, 0.6) is 0 Å². The number of rotatable bonds is 5. The number of fused-ring (bicyclic) bond motifs is 1. The minimum absolute atomic E-state index is 0.0362. The lowest BCUT2D eigenvalue weighted by atomic mass is 10.1. The van der Waals surface area contributed by atoms with Gasteiger partial charge in [-0.1, -0.05) is 12.1 Å². The number of alkyl halides is 3. The molecule has 2 N–H and O–H groups in total. The van der Waals surface area contributed by atoms with Crippen molar-refractivity contribution < 1.29 is 22.8 Å². The van der Waals surface area contributed by atoms with Crippen molar-refractivity contribution in [1.29, 1.82) is 0 Å². The number of anilines is 1. The number of aromatic amines is 1. The van der Waals surface area contributed by atoms with Crippen molar-refractivity contribution in [2.75, 3.05) is 11.9 Å². The topological polar surface area (TPSA) is 104 Å². The fraction of sp³-hybridized carbons (Fsp3) is 0.278. The molecular formula is C18H15F3N6O2. The Morgan fingerprint density at radius 3 is 2.62 bits per heavy atom. The van der Waals surface area contributed by atoms with Gasteiger partial charge in [-0.25, -0.2) is 15.0 Å². The number of halogens is 3. The fourth-order valence-electron chi connectivity index (χ4n) is 3.17. The van der Waals surface area contributed by atoms with Crippen LogP contribution in [0, 0.1) is 0 Å². The van der Waals surface area contributed by atoms with E-state index in [9.17, 15) is 22.8 Å². The van der Waals surface area contributed by atoms with Gasteiger partial charge in [0.25, 0.3) is 5.91 Å². The lowest BCUT2D eigenvalue weighted by molar-refractivity contribution is -0.139. The number of imidazole rings is 1. The molecule has 150 valence electrons. The Bertz CT molecular complexity index is 1060. The number of hydrogen-bond acceptors (Lipinski definition) is 6. The molecule has 8 nitrogen and oxygen atoms in total. The van der Waals surface area contributed by atoms with Gasteiger partial charge in [-0.05, 0) is 24.1 Å². The number of imide groups is 1. The molecule has 1 saturated heterocycles. The molecule has 0 saturated carbocycles. The van der Waals surface area contributed by atoms with Gasteiger partial charge in [-0.3, -0.25) is 14.5 Å². The van der Waals surface area contributed by atoms with Crippen molar-refractivity contribution in [2.24, 2.45) is 0 Å². The van der Waals surface area contributed by atoms with Gasteiger partial charge in [0.05, 0.1) is 18.3 Å². The summed E-state index contributed by atoms with van der Waals surface area (Å²) in [6.07, 6.45) is -1.43. The number of hydrogen-bond donors (Lipinski definition) is 2. The number of carbonyl (C=O) groups is 2. The standard InChI is InChI=1S/C18H15F3N6O2/c19-18(20,21)11-3-1-10(2-4-11)5-6-27-13(28)7-12(17(27)29)26-16-14-15(23-8-22-14)24-9-25-16/h1-4,8-9,12H,5-7H2,(H2,22,23,24,25,26). The van der Waals surface area contributed by atoms with E-state index in [1.165, 1.54) is 24.8 Å². The quantitative estimate of drug-likeness (QED) is 0.632. The molecule has 0 radical (unpaired) electrons. The Labute approximate surface area is 162 Å². The number of nitrogens with zero attached hydrogens (tertiary/aromatic N) is 4. The second-order valence-corrected chi connectivity index (χ2v) is 6.55. The number of likely N-dealkylation sites (tertiary alicyclic amines) is 1. The van der Waals surface area contributed by atoms with Crippen LogP contribution in [-0.2, 0) is 22.2 Å². The molecule has 3 heterocycles. The van der Waals surface area contributed by atoms with Gasteiger partial charge in [0.2, 0.25) is 5.91 Å². The molecule has 1 aromatic carbocycles. The number of amides is 2. The molecule has 0 bridgehead atoms. The summed E-state index contributed by atoms with van der Waals surface area (Å²) in [4.78, 5) is 41.0. The predicted molar refractivity (Wildman–Crippen MR) is 95.6 cm³/mol. The van der Waals surface area contributed by atoms with E-state index in [1.807, 2.05) is 0 Å². The first-order valence-corrected chi connectivity index (χ1v) is 8.74. The highest BCUT2D eigenvalue weighted by atomic mass is 19.4. The summed E-state index contributed by atoms with van der Waals surface area (Å²) in [5, 5.41) is 2.94. The zero-order valence-corrected chi connectivity index (χ0v) is 14.9. The van der Waals surface area contributed by atoms with E-state index in [-0.39, 0.29) is 25.3 Å². The minimum atomic E-state index is -4.40. The summed E-state index contributed by atoms with van der Waals surface area (Å²) in [6, 6.07) is 3.88. The third-order valence-electron chi connectivity index (χ3n) is 4.68. The van der Waals surface area contributed by atoms with Crippen LogP contribution >= 0.6 is 0 Å². The summed E-state index contributed by atoms with van der Waals surface area (Å²) in [5.41, 5.74) is 0.813. The van der Waals surface area contributed by atoms with Crippen LogP contribution in [0.2, 0.25) is 0 Å². The smallest absolute Gasteiger partial charge is 0.356 e. The number of H-pyrrole nitrogens is 1. The number of nitrogens with one attached hydrogen (secondary N) is 2. The zero-order chi connectivity index (χ0) is 20.6. The van der Waals surface area contributed by atoms with Crippen molar-refractivity contribution in [1.82, 2.24) is 24.8 Å². The van der Waals surface area contributed by atoms with Gasteiger partial charge in [0, 0.05) is 6.54 Å². The molecule has 1 fully saturated rings. The highest BCUT2D eigenvalue weighted by Crippen LogP contribution is 2.29. The molecule has 4 rings (SSSR count). The minimum Gasteiger partial charge on any atom is -0.356 e. The van der Waals surface area contributed by atoms with E-state index in [0.29, 0.717) is 22.5 Å². The Kier molecular flexibility index (Phi) is 4.65. The first kappa shape index (κ1) is 18.8. The molecule has 1 aliphatic rings. The summed E-state index contributed by atoms with van der Waals surface area (Å²) < 4.78 is 37.9. The second kappa shape index (κ2) is 7.15. The zero-order valence-electron chi connectivity index (χ0n) is 14.9. The fourth-order valence-corrected chi connectivity index (χ4v) is 3.17. The highest BCUT2D eigenvalue weighted by molar-refractivity contribution is 6.07. The molecule has 0 spiro atoms. The molecule has 1 atom stereocenters. The summed E-state index contributed by atoms with van der Waals surface area (Å²) in [7, 11) is 0. The molecule has 2 aromatic heterocycles. The van der Waals surface area contributed by atoms with E-state index in [4.69, 9.17) is 0 Å². The normalized spacial score (nSPS) is 17.3. The van der Waals surface area contributed by atoms with Crippen molar-refractivity contribution in [2.45, 2.75) is 25.1 Å². The van der Waals surface area contributed by atoms with Crippen molar-refractivity contribution in [3.05, 3.63) is 48.0 Å². The van der Waals surface area contributed by atoms with Crippen LogP contribution in [0.15, 0.2) is 36.9 Å². The van der Waals surface area contributed by atoms with E-state index >= 15 is 0 Å². The molecular weight excluding hydrogens is 389 g/mol. The van der Waals surface area contributed by atoms with Crippen molar-refractivity contribution in [3.63, 3.8) is 0 Å². The van der Waals surface area contributed by atoms with Gasteiger partial charge in [0.1, 0.15) is 17.9 Å². The van der Waals surface area contributed by atoms with Gasteiger partial charge in [-0.2, -0.15) is 13.2 Å². The monoisotopic (exact) mass is 404 g/mol. The molecule has 1 unspecified atom stereocenters. The van der Waals surface area contributed by atoms with E-state index in [1.54, 1.807) is 0 Å². The highest BCUT2D eigenvalue weighted by Gasteiger charge is 2.38. The Hall–Kier alpha value is -3.50. The molecule has 11 heteroatoms. The molecule has 0 aliphatic carbocycles. The lowest BCUT2D eigenvalue weighted by Gasteiger charge is -2.16. The Balaban J connectivity index is 1.41. The maximum Gasteiger partial charge on any atom is 0.416 e. The third kappa shape index (κ3) is 3.75.